The fraction of sp³-hybridized carbons (Fsp3) is 0.0625. The zero-order valence-corrected chi connectivity index (χ0v) is 31.4. The predicted molar refractivity (Wildman–Crippen MR) is 196 cm³/mol. The van der Waals surface area contributed by atoms with Gasteiger partial charge < -0.3 is 9.47 Å². The second-order valence-electron chi connectivity index (χ2n) is 9.46. The lowest BCUT2D eigenvalue weighted by Gasteiger charge is -2.07. The lowest BCUT2D eigenvalue weighted by atomic mass is 10.3. The van der Waals surface area contributed by atoms with Gasteiger partial charge in [-0.15, -0.1) is 10.2 Å². The van der Waals surface area contributed by atoms with Crippen molar-refractivity contribution in [1.82, 2.24) is 19.6 Å². The number of nitrogens with zero attached hydrogens (tertiary/aromatic N) is 6. The topological polar surface area (TPSA) is 113 Å². The number of ether oxygens (including phenoxy) is 2. The highest BCUT2D eigenvalue weighted by Gasteiger charge is 2.17. The Morgan fingerprint density at radius 2 is 1.00 bits per heavy atom. The van der Waals surface area contributed by atoms with Gasteiger partial charge in [0.2, 0.25) is 19.6 Å². The number of rotatable bonds is 9. The molecule has 2 heterocycles. The quantitative estimate of drug-likeness (QED) is 0.105. The Bertz CT molecular complexity index is 2090. The summed E-state index contributed by atoms with van der Waals surface area (Å²) >= 11 is 9.22. The van der Waals surface area contributed by atoms with Gasteiger partial charge in [0.25, 0.3) is 0 Å². The zero-order chi connectivity index (χ0) is 33.6. The maximum atomic E-state index is 12.4. The number of aromatic nitrogens is 4. The van der Waals surface area contributed by atoms with E-state index in [4.69, 9.17) is 19.5 Å². The molecule has 2 aromatic heterocycles. The van der Waals surface area contributed by atoms with E-state index >= 15 is 0 Å². The van der Waals surface area contributed by atoms with Crippen molar-refractivity contribution in [3.63, 3.8) is 0 Å². The molecule has 0 aliphatic heterocycles. The standard InChI is InChI=1S/C32H22Br2N6O4S4/c1-43-29(41)27-37-39(21-15-11-19(33)12-16-21)31(45-27)35-23-7-3-5-9-25(23)47-48-26-10-6-4-8-24(26)36-32-40(22-17-13-20(34)14-18-22)38-28(46-32)30(42)44-2/h3-18H,1-2H3. The van der Waals surface area contributed by atoms with Gasteiger partial charge in [-0.2, -0.15) is 0 Å². The molecule has 242 valence electrons. The van der Waals surface area contributed by atoms with E-state index < -0.39 is 11.9 Å². The van der Waals surface area contributed by atoms with Gasteiger partial charge in [-0.3, -0.25) is 0 Å². The lowest BCUT2D eigenvalue weighted by molar-refractivity contribution is 0.0590. The van der Waals surface area contributed by atoms with E-state index in [-0.39, 0.29) is 10.0 Å². The van der Waals surface area contributed by atoms with Crippen molar-refractivity contribution in [2.45, 2.75) is 9.79 Å². The van der Waals surface area contributed by atoms with Gasteiger partial charge in [0.15, 0.2) is 0 Å². The van der Waals surface area contributed by atoms with Crippen LogP contribution in [0.1, 0.15) is 19.6 Å². The molecular weight excluding hydrogens is 820 g/mol. The van der Waals surface area contributed by atoms with Crippen LogP contribution >= 0.6 is 76.1 Å². The number of carbonyl (C=O) groups is 2. The first-order valence-corrected chi connectivity index (χ1v) is 19.2. The molecule has 6 rings (SSSR count). The van der Waals surface area contributed by atoms with Crippen molar-refractivity contribution in [3.05, 3.63) is 126 Å². The van der Waals surface area contributed by atoms with Gasteiger partial charge in [-0.25, -0.2) is 28.9 Å². The number of methoxy groups -OCH3 is 2. The highest BCUT2D eigenvalue weighted by atomic mass is 79.9. The van der Waals surface area contributed by atoms with Gasteiger partial charge in [0.1, 0.15) is 0 Å². The summed E-state index contributed by atoms with van der Waals surface area (Å²) in [4.78, 5) is 37.5. The summed E-state index contributed by atoms with van der Waals surface area (Å²) in [5.74, 6) is -1.07. The molecule has 0 aliphatic rings. The summed E-state index contributed by atoms with van der Waals surface area (Å²) in [6.07, 6.45) is 0. The average molecular weight is 843 g/mol. The van der Waals surface area contributed by atoms with Crippen LogP contribution in [0.4, 0.5) is 11.4 Å². The summed E-state index contributed by atoms with van der Waals surface area (Å²) in [6.45, 7) is 0. The molecule has 16 heteroatoms. The van der Waals surface area contributed by atoms with Crippen LogP contribution in [0.25, 0.3) is 11.4 Å². The highest BCUT2D eigenvalue weighted by molar-refractivity contribution is 9.10. The van der Waals surface area contributed by atoms with Crippen molar-refractivity contribution < 1.29 is 19.1 Å². The lowest BCUT2D eigenvalue weighted by Crippen LogP contribution is -2.14. The number of carbonyl (C=O) groups excluding carboxylic acids is 2. The third kappa shape index (κ3) is 7.90. The molecule has 0 bridgehead atoms. The third-order valence-electron chi connectivity index (χ3n) is 6.37. The number of halogens is 2. The molecule has 0 spiro atoms. The predicted octanol–water partition coefficient (Wildman–Crippen LogP) is 8.54. The summed E-state index contributed by atoms with van der Waals surface area (Å²) < 4.78 is 15.0. The second kappa shape index (κ2) is 15.6. The Morgan fingerprint density at radius 3 is 1.38 bits per heavy atom. The molecule has 0 radical (unpaired) electrons. The average Bonchev–Trinajstić information content (AvgIpc) is 3.73. The number of hydrogen-bond donors (Lipinski definition) is 0. The largest absolute Gasteiger partial charge is 0.464 e. The molecule has 0 aliphatic carbocycles. The second-order valence-corrected chi connectivity index (χ2v) is 15.4. The SMILES string of the molecule is COC(=O)c1nn(-c2ccc(Br)cc2)c(=Nc2ccccc2SSc2ccccc2N=c2sc(C(=O)OC)nn2-c2ccc(Br)cc2)s1. The van der Waals surface area contributed by atoms with Crippen LogP contribution in [-0.4, -0.2) is 45.7 Å². The van der Waals surface area contributed by atoms with E-state index in [2.05, 4.69) is 42.1 Å². The third-order valence-corrected chi connectivity index (χ3v) is 11.7. The Kier molecular flexibility index (Phi) is 11.1. The molecule has 0 unspecified atom stereocenters. The molecule has 48 heavy (non-hydrogen) atoms. The van der Waals surface area contributed by atoms with Crippen LogP contribution in [0.2, 0.25) is 0 Å². The van der Waals surface area contributed by atoms with Crippen LogP contribution in [0.3, 0.4) is 0 Å². The van der Waals surface area contributed by atoms with Gasteiger partial charge in [-0.1, -0.05) is 100 Å². The Morgan fingerprint density at radius 1 is 0.625 bits per heavy atom. The van der Waals surface area contributed by atoms with Gasteiger partial charge in [-0.05, 0) is 72.8 Å². The first-order chi connectivity index (χ1) is 23.3. The minimum absolute atomic E-state index is 0.188. The molecule has 0 fully saturated rings. The summed E-state index contributed by atoms with van der Waals surface area (Å²) in [5.41, 5.74) is 2.90. The van der Waals surface area contributed by atoms with Crippen molar-refractivity contribution in [3.8, 4) is 11.4 Å². The van der Waals surface area contributed by atoms with Crippen LogP contribution < -0.4 is 9.60 Å². The van der Waals surface area contributed by atoms with Crippen LogP contribution in [0.15, 0.2) is 126 Å². The minimum Gasteiger partial charge on any atom is -0.464 e. The highest BCUT2D eigenvalue weighted by Crippen LogP contribution is 2.44. The summed E-state index contributed by atoms with van der Waals surface area (Å²) in [5, 5.41) is 9.36. The van der Waals surface area contributed by atoms with Gasteiger partial charge in [0.05, 0.1) is 37.0 Å². The zero-order valence-electron chi connectivity index (χ0n) is 24.9. The normalized spacial score (nSPS) is 11.9. The molecule has 0 saturated heterocycles. The van der Waals surface area contributed by atoms with E-state index in [1.165, 1.54) is 35.8 Å². The van der Waals surface area contributed by atoms with Crippen LogP contribution in [-0.2, 0) is 9.47 Å². The molecule has 0 N–H and O–H groups in total. The van der Waals surface area contributed by atoms with E-state index in [9.17, 15) is 9.59 Å². The first-order valence-electron chi connectivity index (χ1n) is 13.8. The fourth-order valence-electron chi connectivity index (χ4n) is 4.08. The molecule has 0 atom stereocenters. The Labute approximate surface area is 306 Å². The van der Waals surface area contributed by atoms with Crippen molar-refractivity contribution in [2.24, 2.45) is 9.98 Å². The van der Waals surface area contributed by atoms with E-state index in [1.807, 2.05) is 97.1 Å². The first kappa shape index (κ1) is 34.1. The molecule has 0 amide bonds. The monoisotopic (exact) mass is 840 g/mol. The maximum absolute atomic E-state index is 12.4. The molecular formula is C32H22Br2N6O4S4. The van der Waals surface area contributed by atoms with E-state index in [0.29, 0.717) is 21.0 Å². The summed E-state index contributed by atoms with van der Waals surface area (Å²) in [6, 6.07) is 30.6. The fourth-order valence-corrected chi connectivity index (χ4v) is 8.52. The van der Waals surface area contributed by atoms with E-state index in [0.717, 1.165) is 52.8 Å². The number of para-hydroxylation sites is 2. The van der Waals surface area contributed by atoms with Crippen LogP contribution in [0.5, 0.6) is 0 Å². The number of benzene rings is 4. The minimum atomic E-state index is -0.535. The van der Waals surface area contributed by atoms with Gasteiger partial charge >= 0.3 is 11.9 Å². The van der Waals surface area contributed by atoms with Crippen molar-refractivity contribution in [2.75, 3.05) is 14.2 Å². The maximum Gasteiger partial charge on any atom is 0.369 e. The molecule has 4 aromatic carbocycles. The Balaban J connectivity index is 1.36. The molecule has 6 aromatic rings. The smallest absolute Gasteiger partial charge is 0.369 e. The number of hydrogen-bond acceptors (Lipinski definition) is 12. The molecule has 0 saturated carbocycles. The Hall–Kier alpha value is -3.80. The van der Waals surface area contributed by atoms with Crippen molar-refractivity contribution in [1.29, 1.82) is 0 Å². The van der Waals surface area contributed by atoms with Gasteiger partial charge in [0, 0.05) is 18.7 Å². The summed E-state index contributed by atoms with van der Waals surface area (Å²) in [7, 11) is 5.69. The molecule has 10 nitrogen and oxygen atoms in total. The van der Waals surface area contributed by atoms with Crippen molar-refractivity contribution >= 4 is 99.4 Å². The number of esters is 2. The van der Waals surface area contributed by atoms with E-state index in [1.54, 1.807) is 9.36 Å². The van der Waals surface area contributed by atoms with Crippen LogP contribution in [0, 0.1) is 0 Å².